The molecule has 0 fully saturated rings. The Bertz CT molecular complexity index is 505. The van der Waals surface area contributed by atoms with Gasteiger partial charge in [-0.05, 0) is 19.1 Å². The fraction of sp³-hybridized carbons (Fsp3) is 0.333. The van der Waals surface area contributed by atoms with Gasteiger partial charge in [0.25, 0.3) is 0 Å². The third-order valence-corrected chi connectivity index (χ3v) is 2.80. The molecule has 0 radical (unpaired) electrons. The monoisotopic (exact) mass is 215 g/mol. The first kappa shape index (κ1) is 9.54. The summed E-state index contributed by atoms with van der Waals surface area (Å²) in [5.74, 6) is 1.64. The summed E-state index contributed by atoms with van der Waals surface area (Å²) in [6.07, 6.45) is 2.64. The number of nitrogens with one attached hydrogen (secondary N) is 1. The lowest BCUT2D eigenvalue weighted by Crippen LogP contribution is -2.26. The third-order valence-electron chi connectivity index (χ3n) is 2.80. The van der Waals surface area contributed by atoms with Crippen LogP contribution in [-0.2, 0) is 13.0 Å². The van der Waals surface area contributed by atoms with Crippen molar-refractivity contribution in [3.05, 3.63) is 35.5 Å². The smallest absolute Gasteiger partial charge is 0.152 e. The molecule has 0 spiro atoms. The van der Waals surface area contributed by atoms with Gasteiger partial charge < -0.3 is 9.73 Å². The molecule has 1 N–H and O–H groups in total. The lowest BCUT2D eigenvalue weighted by Gasteiger charge is -2.18. The second-order valence-electron chi connectivity index (χ2n) is 3.95. The fourth-order valence-electron chi connectivity index (χ4n) is 2.08. The minimum absolute atomic E-state index is 0.812. The predicted octanol–water partition coefficient (Wildman–Crippen LogP) is 1.69. The summed E-state index contributed by atoms with van der Waals surface area (Å²) in [6.45, 7) is 3.74. The van der Waals surface area contributed by atoms with Gasteiger partial charge in [-0.25, -0.2) is 9.97 Å². The van der Waals surface area contributed by atoms with E-state index in [1.165, 1.54) is 5.56 Å². The zero-order valence-corrected chi connectivity index (χ0v) is 9.16. The molecule has 2 aromatic rings. The lowest BCUT2D eigenvalue weighted by molar-refractivity contribution is 0.571. The van der Waals surface area contributed by atoms with E-state index >= 15 is 0 Å². The quantitative estimate of drug-likeness (QED) is 0.786. The van der Waals surface area contributed by atoms with Crippen LogP contribution < -0.4 is 5.32 Å². The number of aryl methyl sites for hydroxylation is 1. The molecule has 3 heterocycles. The summed E-state index contributed by atoms with van der Waals surface area (Å²) < 4.78 is 5.42. The van der Waals surface area contributed by atoms with Crippen LogP contribution in [0.15, 0.2) is 22.8 Å². The van der Waals surface area contributed by atoms with E-state index < -0.39 is 0 Å². The zero-order valence-electron chi connectivity index (χ0n) is 9.16. The highest BCUT2D eigenvalue weighted by atomic mass is 16.3. The molecule has 0 atom stereocenters. The van der Waals surface area contributed by atoms with Crippen molar-refractivity contribution in [2.45, 2.75) is 19.9 Å². The molecule has 2 aromatic heterocycles. The van der Waals surface area contributed by atoms with Crippen LogP contribution >= 0.6 is 0 Å². The first-order chi connectivity index (χ1) is 7.84. The Morgan fingerprint density at radius 1 is 1.38 bits per heavy atom. The standard InChI is InChI=1S/C12H13N3O/c1-8-14-10-4-5-13-7-9(10)12(15-8)11-3-2-6-16-11/h2-3,6,13H,4-5,7H2,1H3. The summed E-state index contributed by atoms with van der Waals surface area (Å²) in [7, 11) is 0. The Balaban J connectivity index is 2.20. The minimum Gasteiger partial charge on any atom is -0.463 e. The minimum atomic E-state index is 0.812. The maximum absolute atomic E-state index is 5.42. The van der Waals surface area contributed by atoms with Gasteiger partial charge in [-0.1, -0.05) is 0 Å². The van der Waals surface area contributed by atoms with Crippen LogP contribution in [0.1, 0.15) is 17.1 Å². The van der Waals surface area contributed by atoms with Gasteiger partial charge in [0.2, 0.25) is 0 Å². The highest BCUT2D eigenvalue weighted by molar-refractivity contribution is 5.58. The fourth-order valence-corrected chi connectivity index (χ4v) is 2.08. The van der Waals surface area contributed by atoms with E-state index in [4.69, 9.17) is 4.42 Å². The van der Waals surface area contributed by atoms with Gasteiger partial charge in [0, 0.05) is 25.1 Å². The second-order valence-corrected chi connectivity index (χ2v) is 3.95. The molecule has 3 rings (SSSR count). The molecule has 0 saturated heterocycles. The summed E-state index contributed by atoms with van der Waals surface area (Å²) in [4.78, 5) is 8.98. The van der Waals surface area contributed by atoms with Crippen molar-refractivity contribution < 1.29 is 4.42 Å². The van der Waals surface area contributed by atoms with E-state index in [2.05, 4.69) is 15.3 Å². The molecule has 0 aliphatic carbocycles. The van der Waals surface area contributed by atoms with Crippen LogP contribution in [0.3, 0.4) is 0 Å². The first-order valence-electron chi connectivity index (χ1n) is 5.45. The Hall–Kier alpha value is -1.68. The van der Waals surface area contributed by atoms with Gasteiger partial charge in [0.1, 0.15) is 11.5 Å². The van der Waals surface area contributed by atoms with Crippen LogP contribution in [0, 0.1) is 6.92 Å². The number of rotatable bonds is 1. The molecular formula is C12H13N3O. The van der Waals surface area contributed by atoms with E-state index in [9.17, 15) is 0 Å². The number of furan rings is 1. The number of aromatic nitrogens is 2. The molecule has 0 saturated carbocycles. The Morgan fingerprint density at radius 3 is 3.12 bits per heavy atom. The summed E-state index contributed by atoms with van der Waals surface area (Å²) in [6, 6.07) is 3.83. The molecule has 16 heavy (non-hydrogen) atoms. The van der Waals surface area contributed by atoms with Gasteiger partial charge in [-0.2, -0.15) is 0 Å². The van der Waals surface area contributed by atoms with E-state index in [0.717, 1.165) is 42.5 Å². The van der Waals surface area contributed by atoms with E-state index in [1.807, 2.05) is 19.1 Å². The molecule has 1 aliphatic rings. The van der Waals surface area contributed by atoms with Gasteiger partial charge in [0.15, 0.2) is 5.76 Å². The average molecular weight is 215 g/mol. The molecule has 4 heteroatoms. The SMILES string of the molecule is Cc1nc2c(c(-c3ccco3)n1)CNCC2. The highest BCUT2D eigenvalue weighted by Gasteiger charge is 2.18. The normalized spacial score (nSPS) is 14.8. The molecule has 0 aromatic carbocycles. The van der Waals surface area contributed by atoms with Crippen molar-refractivity contribution >= 4 is 0 Å². The maximum atomic E-state index is 5.42. The van der Waals surface area contributed by atoms with Crippen LogP contribution in [0.25, 0.3) is 11.5 Å². The molecule has 0 bridgehead atoms. The van der Waals surface area contributed by atoms with Crippen molar-refractivity contribution in [1.82, 2.24) is 15.3 Å². The molecular weight excluding hydrogens is 202 g/mol. The lowest BCUT2D eigenvalue weighted by atomic mass is 10.0. The Labute approximate surface area is 93.7 Å². The molecule has 0 unspecified atom stereocenters. The van der Waals surface area contributed by atoms with Crippen LogP contribution in [0.5, 0.6) is 0 Å². The third kappa shape index (κ3) is 1.51. The summed E-state index contributed by atoms with van der Waals surface area (Å²) in [5.41, 5.74) is 3.25. The van der Waals surface area contributed by atoms with Crippen molar-refractivity contribution in [2.24, 2.45) is 0 Å². The number of fused-ring (bicyclic) bond motifs is 1. The van der Waals surface area contributed by atoms with Gasteiger partial charge in [0.05, 0.1) is 12.0 Å². The Kier molecular flexibility index (Phi) is 2.22. The van der Waals surface area contributed by atoms with Crippen molar-refractivity contribution in [3.63, 3.8) is 0 Å². The number of hydrogen-bond donors (Lipinski definition) is 1. The van der Waals surface area contributed by atoms with E-state index in [-0.39, 0.29) is 0 Å². The zero-order chi connectivity index (χ0) is 11.0. The van der Waals surface area contributed by atoms with Crippen LogP contribution in [0.2, 0.25) is 0 Å². The van der Waals surface area contributed by atoms with E-state index in [0.29, 0.717) is 0 Å². The van der Waals surface area contributed by atoms with E-state index in [1.54, 1.807) is 6.26 Å². The Morgan fingerprint density at radius 2 is 2.31 bits per heavy atom. The van der Waals surface area contributed by atoms with Crippen molar-refractivity contribution in [3.8, 4) is 11.5 Å². The molecule has 1 aliphatic heterocycles. The van der Waals surface area contributed by atoms with Crippen molar-refractivity contribution in [1.29, 1.82) is 0 Å². The first-order valence-corrected chi connectivity index (χ1v) is 5.45. The van der Waals surface area contributed by atoms with Gasteiger partial charge >= 0.3 is 0 Å². The summed E-state index contributed by atoms with van der Waals surface area (Å²) >= 11 is 0. The largest absolute Gasteiger partial charge is 0.463 e. The van der Waals surface area contributed by atoms with Crippen molar-refractivity contribution in [2.75, 3.05) is 6.54 Å². The topological polar surface area (TPSA) is 51.0 Å². The molecule has 4 nitrogen and oxygen atoms in total. The average Bonchev–Trinajstić information content (AvgIpc) is 2.81. The number of hydrogen-bond acceptors (Lipinski definition) is 4. The molecule has 82 valence electrons. The summed E-state index contributed by atoms with van der Waals surface area (Å²) in [5, 5.41) is 3.34. The van der Waals surface area contributed by atoms with Crippen LogP contribution in [-0.4, -0.2) is 16.5 Å². The highest BCUT2D eigenvalue weighted by Crippen LogP contribution is 2.25. The maximum Gasteiger partial charge on any atom is 0.152 e. The van der Waals surface area contributed by atoms with Crippen LogP contribution in [0.4, 0.5) is 0 Å². The van der Waals surface area contributed by atoms with Gasteiger partial charge in [-0.15, -0.1) is 0 Å². The predicted molar refractivity (Wildman–Crippen MR) is 59.9 cm³/mol. The molecule has 0 amide bonds. The van der Waals surface area contributed by atoms with Gasteiger partial charge in [-0.3, -0.25) is 0 Å². The second kappa shape index (κ2) is 3.72. The number of nitrogens with zero attached hydrogens (tertiary/aromatic N) is 2.